The van der Waals surface area contributed by atoms with Crippen LogP contribution in [0, 0.1) is 13.8 Å². The van der Waals surface area contributed by atoms with Gasteiger partial charge in [0.2, 0.25) is 0 Å². The second kappa shape index (κ2) is 6.63. The zero-order valence-corrected chi connectivity index (χ0v) is 13.4. The van der Waals surface area contributed by atoms with Gasteiger partial charge in [0.25, 0.3) is 0 Å². The number of aryl methyl sites for hydroxylation is 2. The van der Waals surface area contributed by atoms with Crippen molar-refractivity contribution in [1.82, 2.24) is 15.1 Å². The molecule has 0 unspecified atom stereocenters. The highest BCUT2D eigenvalue weighted by Gasteiger charge is 2.10. The highest BCUT2D eigenvalue weighted by molar-refractivity contribution is 5.40. The Labute approximate surface area is 125 Å². The zero-order valence-electron chi connectivity index (χ0n) is 13.4. The van der Waals surface area contributed by atoms with Gasteiger partial charge in [0.15, 0.2) is 0 Å². The molecule has 5 heteroatoms. The summed E-state index contributed by atoms with van der Waals surface area (Å²) < 4.78 is 12.6. The van der Waals surface area contributed by atoms with Gasteiger partial charge in [-0.2, -0.15) is 5.10 Å². The lowest BCUT2D eigenvalue weighted by molar-refractivity contribution is 0.397. The molecule has 1 N–H and O–H groups in total. The van der Waals surface area contributed by atoms with Gasteiger partial charge in [-0.15, -0.1) is 0 Å². The third-order valence-electron chi connectivity index (χ3n) is 3.76. The number of nitrogens with zero attached hydrogens (tertiary/aromatic N) is 2. The molecule has 0 saturated heterocycles. The van der Waals surface area contributed by atoms with Crippen LogP contribution in [0.4, 0.5) is 0 Å². The third-order valence-corrected chi connectivity index (χ3v) is 3.76. The molecule has 0 aliphatic heterocycles. The second-order valence-corrected chi connectivity index (χ2v) is 5.05. The summed E-state index contributed by atoms with van der Waals surface area (Å²) in [7, 11) is 5.32. The number of aromatic nitrogens is 2. The molecule has 1 aromatic carbocycles. The molecule has 0 spiro atoms. The van der Waals surface area contributed by atoms with Gasteiger partial charge in [-0.3, -0.25) is 4.68 Å². The van der Waals surface area contributed by atoms with Crippen LogP contribution in [0.3, 0.4) is 0 Å². The first-order valence-electron chi connectivity index (χ1n) is 6.97. The van der Waals surface area contributed by atoms with E-state index in [1.807, 2.05) is 36.9 Å². The van der Waals surface area contributed by atoms with E-state index in [4.69, 9.17) is 9.47 Å². The maximum Gasteiger partial charge on any atom is 0.123 e. The van der Waals surface area contributed by atoms with Crippen LogP contribution in [-0.2, 0) is 20.1 Å². The number of benzene rings is 1. The van der Waals surface area contributed by atoms with Crippen LogP contribution < -0.4 is 14.8 Å². The van der Waals surface area contributed by atoms with Crippen molar-refractivity contribution >= 4 is 0 Å². The van der Waals surface area contributed by atoms with Crippen molar-refractivity contribution in [3.63, 3.8) is 0 Å². The molecule has 1 heterocycles. The van der Waals surface area contributed by atoms with Crippen LogP contribution in [0.1, 0.15) is 22.5 Å². The van der Waals surface area contributed by atoms with Crippen molar-refractivity contribution in [2.45, 2.75) is 26.9 Å². The normalized spacial score (nSPS) is 10.7. The topological polar surface area (TPSA) is 48.3 Å². The summed E-state index contributed by atoms with van der Waals surface area (Å²) >= 11 is 0. The van der Waals surface area contributed by atoms with Crippen LogP contribution in [-0.4, -0.2) is 24.0 Å². The van der Waals surface area contributed by atoms with E-state index in [0.717, 1.165) is 29.3 Å². The lowest BCUT2D eigenvalue weighted by Crippen LogP contribution is -2.14. The molecule has 0 atom stereocenters. The maximum absolute atomic E-state index is 5.39. The highest BCUT2D eigenvalue weighted by Crippen LogP contribution is 2.24. The number of nitrogens with one attached hydrogen (secondary N) is 1. The minimum atomic E-state index is 0.716. The van der Waals surface area contributed by atoms with Crippen LogP contribution in [0.25, 0.3) is 0 Å². The van der Waals surface area contributed by atoms with E-state index in [9.17, 15) is 0 Å². The molecule has 2 aromatic rings. The summed E-state index contributed by atoms with van der Waals surface area (Å²) in [5.74, 6) is 1.70. The predicted molar refractivity (Wildman–Crippen MR) is 82.8 cm³/mol. The fourth-order valence-electron chi connectivity index (χ4n) is 2.42. The van der Waals surface area contributed by atoms with Crippen molar-refractivity contribution in [3.05, 3.63) is 40.7 Å². The Kier molecular flexibility index (Phi) is 4.85. The fourth-order valence-corrected chi connectivity index (χ4v) is 2.42. The van der Waals surface area contributed by atoms with Crippen LogP contribution in [0.2, 0.25) is 0 Å². The Hall–Kier alpha value is -2.01. The largest absolute Gasteiger partial charge is 0.497 e. The summed E-state index contributed by atoms with van der Waals surface area (Å²) in [5.41, 5.74) is 4.59. The van der Waals surface area contributed by atoms with E-state index in [1.54, 1.807) is 14.2 Å². The molecule has 0 amide bonds. The van der Waals surface area contributed by atoms with Crippen molar-refractivity contribution in [2.75, 3.05) is 14.2 Å². The molecule has 0 radical (unpaired) electrons. The fraction of sp³-hybridized carbons (Fsp3) is 0.438. The minimum absolute atomic E-state index is 0.716. The standard InChI is InChI=1S/C16H23N3O2/c1-11-15(12(2)19(3)18-11)10-17-9-13-8-14(20-4)6-7-16(13)21-5/h6-8,17H,9-10H2,1-5H3. The smallest absolute Gasteiger partial charge is 0.123 e. The van der Waals surface area contributed by atoms with Crippen LogP contribution in [0.5, 0.6) is 11.5 Å². The van der Waals surface area contributed by atoms with E-state index >= 15 is 0 Å². The molecular formula is C16H23N3O2. The molecule has 0 aliphatic carbocycles. The molecular weight excluding hydrogens is 266 g/mol. The van der Waals surface area contributed by atoms with Crippen LogP contribution in [0.15, 0.2) is 18.2 Å². The number of ether oxygens (including phenoxy) is 2. The summed E-state index contributed by atoms with van der Waals surface area (Å²) in [4.78, 5) is 0. The molecule has 0 bridgehead atoms. The Balaban J connectivity index is 2.06. The first-order valence-corrected chi connectivity index (χ1v) is 6.97. The average molecular weight is 289 g/mol. The first kappa shape index (κ1) is 15.4. The molecule has 1 aromatic heterocycles. The van der Waals surface area contributed by atoms with Gasteiger partial charge in [0.1, 0.15) is 11.5 Å². The van der Waals surface area contributed by atoms with Gasteiger partial charge in [-0.05, 0) is 32.0 Å². The minimum Gasteiger partial charge on any atom is -0.497 e. The monoisotopic (exact) mass is 289 g/mol. The van der Waals surface area contributed by atoms with Gasteiger partial charge in [-0.25, -0.2) is 0 Å². The Morgan fingerprint density at radius 1 is 1.14 bits per heavy atom. The summed E-state index contributed by atoms with van der Waals surface area (Å²) in [6.07, 6.45) is 0. The van der Waals surface area contributed by atoms with Crippen molar-refractivity contribution in [3.8, 4) is 11.5 Å². The summed E-state index contributed by atoms with van der Waals surface area (Å²) in [5, 5.41) is 7.88. The SMILES string of the molecule is COc1ccc(OC)c(CNCc2c(C)nn(C)c2C)c1. The van der Waals surface area contributed by atoms with Gasteiger partial charge < -0.3 is 14.8 Å². The first-order chi connectivity index (χ1) is 10.1. The second-order valence-electron chi connectivity index (χ2n) is 5.05. The quantitative estimate of drug-likeness (QED) is 0.887. The molecule has 0 fully saturated rings. The van der Waals surface area contributed by atoms with Crippen molar-refractivity contribution in [2.24, 2.45) is 7.05 Å². The Bertz CT molecular complexity index is 620. The molecule has 0 aliphatic rings. The van der Waals surface area contributed by atoms with Gasteiger partial charge in [0.05, 0.1) is 19.9 Å². The molecule has 5 nitrogen and oxygen atoms in total. The van der Waals surface area contributed by atoms with Gasteiger partial charge in [-0.1, -0.05) is 0 Å². The van der Waals surface area contributed by atoms with E-state index in [0.29, 0.717) is 6.54 Å². The average Bonchev–Trinajstić information content (AvgIpc) is 2.73. The van der Waals surface area contributed by atoms with Gasteiger partial charge >= 0.3 is 0 Å². The molecule has 0 saturated carbocycles. The summed E-state index contributed by atoms with van der Waals surface area (Å²) in [6.45, 7) is 5.62. The maximum atomic E-state index is 5.39. The molecule has 114 valence electrons. The molecule has 2 rings (SSSR count). The number of hydrogen-bond donors (Lipinski definition) is 1. The molecule has 21 heavy (non-hydrogen) atoms. The van der Waals surface area contributed by atoms with E-state index in [-0.39, 0.29) is 0 Å². The van der Waals surface area contributed by atoms with Crippen LogP contribution >= 0.6 is 0 Å². The van der Waals surface area contributed by atoms with Crippen molar-refractivity contribution < 1.29 is 9.47 Å². The Morgan fingerprint density at radius 2 is 1.90 bits per heavy atom. The Morgan fingerprint density at radius 3 is 2.48 bits per heavy atom. The highest BCUT2D eigenvalue weighted by atomic mass is 16.5. The number of hydrogen-bond acceptors (Lipinski definition) is 4. The lowest BCUT2D eigenvalue weighted by Gasteiger charge is -2.11. The van der Waals surface area contributed by atoms with E-state index < -0.39 is 0 Å². The lowest BCUT2D eigenvalue weighted by atomic mass is 10.1. The predicted octanol–water partition coefficient (Wildman–Crippen LogP) is 2.34. The number of methoxy groups -OCH3 is 2. The van der Waals surface area contributed by atoms with E-state index in [2.05, 4.69) is 17.3 Å². The van der Waals surface area contributed by atoms with Gasteiger partial charge in [0, 0.05) is 37.0 Å². The zero-order chi connectivity index (χ0) is 15.4. The number of rotatable bonds is 6. The van der Waals surface area contributed by atoms with E-state index in [1.165, 1.54) is 11.3 Å². The van der Waals surface area contributed by atoms with Crippen molar-refractivity contribution in [1.29, 1.82) is 0 Å². The summed E-state index contributed by atoms with van der Waals surface area (Å²) in [6, 6.07) is 5.82. The third kappa shape index (κ3) is 3.36.